The highest BCUT2D eigenvalue weighted by atomic mass is 35.5. The zero-order valence-electron chi connectivity index (χ0n) is 18.6. The molecule has 0 unspecified atom stereocenters. The quantitative estimate of drug-likeness (QED) is 0.286. The molecule has 2 N–H and O–H groups in total. The molecule has 0 radical (unpaired) electrons. The van der Waals surface area contributed by atoms with Crippen LogP contribution in [0.4, 0.5) is 0 Å². The van der Waals surface area contributed by atoms with Gasteiger partial charge >= 0.3 is 5.97 Å². The molecule has 7 nitrogen and oxygen atoms in total. The SMILES string of the molecule is Cc1cc(/C=N/NC(=O)COc2cccc3ccccc23)c(C)n1-c1ccc(Cl)c(C(=O)O)c1. The Balaban J connectivity index is 1.44. The summed E-state index contributed by atoms with van der Waals surface area (Å²) in [5, 5.41) is 15.5. The van der Waals surface area contributed by atoms with Crippen molar-refractivity contribution >= 4 is 40.5 Å². The number of carbonyl (C=O) groups is 2. The van der Waals surface area contributed by atoms with Crippen molar-refractivity contribution < 1.29 is 19.4 Å². The van der Waals surface area contributed by atoms with E-state index in [1.54, 1.807) is 18.3 Å². The number of carboxylic acids is 1. The molecule has 0 spiro atoms. The number of amides is 1. The molecule has 0 saturated heterocycles. The number of aromatic nitrogens is 1. The minimum Gasteiger partial charge on any atom is -0.483 e. The van der Waals surface area contributed by atoms with E-state index < -0.39 is 5.97 Å². The minimum absolute atomic E-state index is 0.0281. The Hall–Kier alpha value is -4.10. The summed E-state index contributed by atoms with van der Waals surface area (Å²) in [5.41, 5.74) is 5.67. The monoisotopic (exact) mass is 475 g/mol. The number of carbonyl (C=O) groups excluding carboxylic acids is 1. The Morgan fingerprint density at radius 3 is 2.65 bits per heavy atom. The lowest BCUT2D eigenvalue weighted by atomic mass is 10.1. The summed E-state index contributed by atoms with van der Waals surface area (Å²) in [5.74, 6) is -0.851. The van der Waals surface area contributed by atoms with E-state index in [2.05, 4.69) is 10.5 Å². The molecule has 1 amide bonds. The predicted octanol–water partition coefficient (Wildman–Crippen LogP) is 5.13. The molecule has 4 rings (SSSR count). The fourth-order valence-electron chi connectivity index (χ4n) is 3.80. The van der Waals surface area contributed by atoms with E-state index in [-0.39, 0.29) is 23.1 Å². The van der Waals surface area contributed by atoms with E-state index in [4.69, 9.17) is 16.3 Å². The van der Waals surface area contributed by atoms with Crippen LogP contribution in [0.25, 0.3) is 16.5 Å². The molecule has 172 valence electrons. The lowest BCUT2D eigenvalue weighted by Gasteiger charge is -2.11. The van der Waals surface area contributed by atoms with Crippen LogP contribution in [-0.4, -0.2) is 34.4 Å². The van der Waals surface area contributed by atoms with Crippen LogP contribution < -0.4 is 10.2 Å². The van der Waals surface area contributed by atoms with Gasteiger partial charge in [0.25, 0.3) is 5.91 Å². The first-order valence-corrected chi connectivity index (χ1v) is 10.9. The second-order valence-electron chi connectivity index (χ2n) is 7.69. The fraction of sp³-hybridized carbons (Fsp3) is 0.115. The third kappa shape index (κ3) is 4.79. The molecule has 4 aromatic rings. The van der Waals surface area contributed by atoms with Crippen LogP contribution >= 0.6 is 11.6 Å². The van der Waals surface area contributed by atoms with Gasteiger partial charge in [-0.3, -0.25) is 4.79 Å². The van der Waals surface area contributed by atoms with E-state index >= 15 is 0 Å². The van der Waals surface area contributed by atoms with Crippen molar-refractivity contribution in [1.82, 2.24) is 9.99 Å². The second-order valence-corrected chi connectivity index (χ2v) is 8.10. The van der Waals surface area contributed by atoms with E-state index in [1.165, 1.54) is 6.07 Å². The molecule has 0 aliphatic rings. The molecule has 8 heteroatoms. The van der Waals surface area contributed by atoms with Crippen LogP contribution in [0.1, 0.15) is 27.3 Å². The maximum atomic E-state index is 12.2. The van der Waals surface area contributed by atoms with Gasteiger partial charge in [0.2, 0.25) is 0 Å². The van der Waals surface area contributed by atoms with Crippen molar-refractivity contribution in [3.63, 3.8) is 0 Å². The number of carboxylic acid groups (broad SMARTS) is 1. The van der Waals surface area contributed by atoms with Crippen LogP contribution in [0, 0.1) is 13.8 Å². The highest BCUT2D eigenvalue weighted by Crippen LogP contribution is 2.26. The van der Waals surface area contributed by atoms with Gasteiger partial charge in [-0.2, -0.15) is 5.10 Å². The molecule has 34 heavy (non-hydrogen) atoms. The Morgan fingerprint density at radius 1 is 1.09 bits per heavy atom. The van der Waals surface area contributed by atoms with E-state index in [0.29, 0.717) is 11.4 Å². The van der Waals surface area contributed by atoms with Crippen LogP contribution in [0.15, 0.2) is 71.8 Å². The molecule has 0 aliphatic carbocycles. The number of benzene rings is 3. The third-order valence-electron chi connectivity index (χ3n) is 5.41. The number of nitrogens with one attached hydrogen (secondary N) is 1. The minimum atomic E-state index is -1.09. The lowest BCUT2D eigenvalue weighted by Crippen LogP contribution is -2.24. The average Bonchev–Trinajstić information content (AvgIpc) is 3.10. The van der Waals surface area contributed by atoms with Crippen molar-refractivity contribution in [3.8, 4) is 11.4 Å². The molecule has 0 saturated carbocycles. The molecular formula is C26H22ClN3O4. The van der Waals surface area contributed by atoms with Crippen molar-refractivity contribution in [2.24, 2.45) is 5.10 Å². The number of hydrogen-bond donors (Lipinski definition) is 2. The molecule has 0 bridgehead atoms. The summed E-state index contributed by atoms with van der Waals surface area (Å²) in [6.07, 6.45) is 1.54. The van der Waals surface area contributed by atoms with Gasteiger partial charge in [-0.05, 0) is 49.6 Å². The van der Waals surface area contributed by atoms with Gasteiger partial charge in [-0.25, -0.2) is 10.2 Å². The summed E-state index contributed by atoms with van der Waals surface area (Å²) >= 11 is 5.99. The Kier molecular flexibility index (Phi) is 6.65. The largest absolute Gasteiger partial charge is 0.483 e. The second kappa shape index (κ2) is 9.80. The summed E-state index contributed by atoms with van der Waals surface area (Å²) in [6.45, 7) is 3.61. The first kappa shape index (κ1) is 23.1. The van der Waals surface area contributed by atoms with Crippen molar-refractivity contribution in [3.05, 3.63) is 94.3 Å². The van der Waals surface area contributed by atoms with Crippen LogP contribution in [0.5, 0.6) is 5.75 Å². The highest BCUT2D eigenvalue weighted by molar-refractivity contribution is 6.33. The molecule has 0 fully saturated rings. The van der Waals surface area contributed by atoms with Gasteiger partial charge in [0.05, 0.1) is 16.8 Å². The number of ether oxygens (including phenoxy) is 1. The molecule has 0 aliphatic heterocycles. The summed E-state index contributed by atoms with van der Waals surface area (Å²) in [7, 11) is 0. The number of hydrazone groups is 1. The molecule has 1 heterocycles. The van der Waals surface area contributed by atoms with Gasteiger partial charge in [-0.15, -0.1) is 0 Å². The third-order valence-corrected chi connectivity index (χ3v) is 5.74. The number of hydrogen-bond acceptors (Lipinski definition) is 4. The molecule has 3 aromatic carbocycles. The van der Waals surface area contributed by atoms with Gasteiger partial charge in [-0.1, -0.05) is 48.0 Å². The smallest absolute Gasteiger partial charge is 0.337 e. The predicted molar refractivity (Wildman–Crippen MR) is 132 cm³/mol. The number of aryl methyl sites for hydroxylation is 1. The van der Waals surface area contributed by atoms with Crippen LogP contribution in [0.3, 0.4) is 0 Å². The summed E-state index contributed by atoms with van der Waals surface area (Å²) in [4.78, 5) is 23.7. The normalized spacial score (nSPS) is 11.1. The number of fused-ring (bicyclic) bond motifs is 1. The average molecular weight is 476 g/mol. The van der Waals surface area contributed by atoms with E-state index in [1.807, 2.05) is 66.9 Å². The maximum absolute atomic E-state index is 12.2. The van der Waals surface area contributed by atoms with E-state index in [9.17, 15) is 14.7 Å². The number of aromatic carboxylic acids is 1. The standard InChI is InChI=1S/C26H22ClN3O4/c1-16-12-19(17(2)30(16)20-10-11-23(27)22(13-20)26(32)33)14-28-29-25(31)15-34-24-9-5-7-18-6-3-4-8-21(18)24/h3-14H,15H2,1-2H3,(H,29,31)(H,32,33)/b28-14+. The number of nitrogens with zero attached hydrogens (tertiary/aromatic N) is 2. The van der Waals surface area contributed by atoms with Crippen molar-refractivity contribution in [2.75, 3.05) is 6.61 Å². The molecule has 1 aromatic heterocycles. The summed E-state index contributed by atoms with van der Waals surface area (Å²) < 4.78 is 7.58. The van der Waals surface area contributed by atoms with Gasteiger partial charge in [0.15, 0.2) is 6.61 Å². The first-order valence-electron chi connectivity index (χ1n) is 10.5. The van der Waals surface area contributed by atoms with Crippen molar-refractivity contribution in [2.45, 2.75) is 13.8 Å². The lowest BCUT2D eigenvalue weighted by molar-refractivity contribution is -0.123. The maximum Gasteiger partial charge on any atom is 0.337 e. The van der Waals surface area contributed by atoms with Gasteiger partial charge in [0, 0.05) is 28.0 Å². The molecular weight excluding hydrogens is 454 g/mol. The van der Waals surface area contributed by atoms with Crippen molar-refractivity contribution in [1.29, 1.82) is 0 Å². The van der Waals surface area contributed by atoms with Crippen LogP contribution in [0.2, 0.25) is 5.02 Å². The zero-order valence-corrected chi connectivity index (χ0v) is 19.3. The Morgan fingerprint density at radius 2 is 1.85 bits per heavy atom. The van der Waals surface area contributed by atoms with Gasteiger partial charge in [0.1, 0.15) is 5.75 Å². The number of rotatable bonds is 7. The Labute approximate surface area is 201 Å². The topological polar surface area (TPSA) is 92.9 Å². The fourth-order valence-corrected chi connectivity index (χ4v) is 4.00. The first-order chi connectivity index (χ1) is 16.3. The van der Waals surface area contributed by atoms with Crippen LogP contribution in [-0.2, 0) is 4.79 Å². The number of halogens is 1. The van der Waals surface area contributed by atoms with E-state index in [0.717, 1.165) is 27.7 Å². The summed E-state index contributed by atoms with van der Waals surface area (Å²) in [6, 6.07) is 20.2. The molecule has 0 atom stereocenters. The van der Waals surface area contributed by atoms with Gasteiger partial charge < -0.3 is 14.4 Å². The Bertz CT molecular complexity index is 1420. The highest BCUT2D eigenvalue weighted by Gasteiger charge is 2.14. The zero-order chi connectivity index (χ0) is 24.2.